The molecular weight excluding hydrogens is 150 g/mol. The fourth-order valence-electron chi connectivity index (χ4n) is 0.259. The highest BCUT2D eigenvalue weighted by molar-refractivity contribution is 6.35. The van der Waals surface area contributed by atoms with Crippen molar-refractivity contribution in [2.45, 2.75) is 25.1 Å². The van der Waals surface area contributed by atoms with Crippen LogP contribution in [0.2, 0.25) is 0 Å². The first kappa shape index (κ1) is 8.82. The zero-order valence-electron chi connectivity index (χ0n) is 5.12. The topological polar surface area (TPSA) is 17.1 Å². The molecule has 1 nitrogen and oxygen atoms in total. The second kappa shape index (κ2) is 2.60. The average Bonchev–Trinajstić information content (AvgIpc) is 1.62. The summed E-state index contributed by atoms with van der Waals surface area (Å²) in [5.74, 6) is -1.23. The van der Waals surface area contributed by atoms with Gasteiger partial charge < -0.3 is 0 Å². The predicted octanol–water partition coefficient (Wildman–Crippen LogP) is 1.84. The van der Waals surface area contributed by atoms with E-state index in [0.29, 0.717) is 0 Å². The van der Waals surface area contributed by atoms with Crippen LogP contribution < -0.4 is 0 Å². The van der Waals surface area contributed by atoms with Crippen LogP contribution in [0.3, 0.4) is 0 Å². The monoisotopic (exact) mass is 156 g/mol. The first-order valence-corrected chi connectivity index (χ1v) is 2.75. The number of hydrogen-bond donors (Lipinski definition) is 0. The van der Waals surface area contributed by atoms with E-state index in [9.17, 15) is 13.6 Å². The third-order valence-electron chi connectivity index (χ3n) is 0.784. The van der Waals surface area contributed by atoms with Gasteiger partial charge in [0, 0.05) is 0 Å². The zero-order valence-corrected chi connectivity index (χ0v) is 5.88. The maximum Gasteiger partial charge on any atom is 0.297 e. The Balaban J connectivity index is 4.06. The summed E-state index contributed by atoms with van der Waals surface area (Å²) in [7, 11) is 0. The van der Waals surface area contributed by atoms with Gasteiger partial charge in [-0.1, -0.05) is 0 Å². The number of hydrogen-bond acceptors (Lipinski definition) is 1. The summed E-state index contributed by atoms with van der Waals surface area (Å²) in [4.78, 5) is 8.85. The maximum absolute atomic E-state index is 11.5. The van der Waals surface area contributed by atoms with Gasteiger partial charge in [-0.15, -0.1) is 11.6 Å². The van der Waals surface area contributed by atoms with Crippen molar-refractivity contribution in [3.05, 3.63) is 0 Å². The molecule has 0 saturated heterocycles. The van der Waals surface area contributed by atoms with Crippen molar-refractivity contribution in [3.8, 4) is 0 Å². The highest BCUT2D eigenvalue weighted by Crippen LogP contribution is 2.17. The largest absolute Gasteiger partial charge is 0.297 e. The summed E-state index contributed by atoms with van der Waals surface area (Å²) >= 11 is 5.25. The number of rotatable bonds is 2. The zero-order chi connectivity index (χ0) is 7.65. The molecule has 0 radical (unpaired) electrons. The van der Waals surface area contributed by atoms with Gasteiger partial charge in [-0.3, -0.25) is 4.79 Å². The van der Waals surface area contributed by atoms with Crippen molar-refractivity contribution < 1.29 is 13.6 Å². The molecule has 4 heteroatoms. The molecule has 54 valence electrons. The molecule has 0 aromatic rings. The molecule has 0 aliphatic rings. The average molecular weight is 157 g/mol. The third kappa shape index (κ3) is 2.75. The molecule has 0 aliphatic heterocycles. The molecule has 0 rings (SSSR count). The molecule has 0 heterocycles. The second-order valence-corrected chi connectivity index (χ2v) is 3.08. The van der Waals surface area contributed by atoms with Crippen LogP contribution >= 0.6 is 11.6 Å². The summed E-state index contributed by atoms with van der Waals surface area (Å²) < 4.78 is 23.0. The van der Waals surface area contributed by atoms with Gasteiger partial charge >= 0.3 is 0 Å². The fraction of sp³-hybridized carbons (Fsp3) is 0.800. The number of halogens is 3. The van der Waals surface area contributed by atoms with Gasteiger partial charge in [-0.25, -0.2) is 8.78 Å². The maximum atomic E-state index is 11.5. The van der Waals surface area contributed by atoms with E-state index in [2.05, 4.69) is 0 Å². The molecule has 0 amide bonds. The summed E-state index contributed by atoms with van der Waals surface area (Å²) in [6.45, 7) is 2.48. The molecule has 0 aliphatic carbocycles. The van der Waals surface area contributed by atoms with Gasteiger partial charge in [-0.2, -0.15) is 0 Å². The molecule has 0 atom stereocenters. The van der Waals surface area contributed by atoms with Crippen LogP contribution in [0.4, 0.5) is 8.78 Å². The van der Waals surface area contributed by atoms with Crippen LogP contribution in [0.15, 0.2) is 0 Å². The van der Waals surface area contributed by atoms with Gasteiger partial charge in [0.25, 0.3) is 6.43 Å². The quantitative estimate of drug-likeness (QED) is 0.558. The lowest BCUT2D eigenvalue weighted by Gasteiger charge is -2.11. The summed E-state index contributed by atoms with van der Waals surface area (Å²) in [5, 5.41) is 0. The number of Topliss-reactive ketones (excluding diaryl/α,β-unsaturated/α-hetero) is 1. The van der Waals surface area contributed by atoms with Crippen LogP contribution in [0.5, 0.6) is 0 Å². The van der Waals surface area contributed by atoms with E-state index >= 15 is 0 Å². The molecule has 0 aromatic carbocycles. The first-order chi connectivity index (χ1) is 3.85. The third-order valence-corrected chi connectivity index (χ3v) is 0.970. The predicted molar refractivity (Wildman–Crippen MR) is 30.9 cm³/mol. The minimum Gasteiger partial charge on any atom is -0.291 e. The number of carbonyl (C=O) groups is 1. The lowest BCUT2D eigenvalue weighted by Crippen LogP contribution is -2.30. The van der Waals surface area contributed by atoms with Crippen molar-refractivity contribution >= 4 is 17.4 Å². The van der Waals surface area contributed by atoms with E-state index in [-0.39, 0.29) is 0 Å². The normalized spacial score (nSPS) is 12.2. The van der Waals surface area contributed by atoms with Crippen molar-refractivity contribution in [2.75, 3.05) is 0 Å². The Morgan fingerprint density at radius 2 is 1.89 bits per heavy atom. The fourth-order valence-corrected chi connectivity index (χ4v) is 0.342. The lowest BCUT2D eigenvalue weighted by molar-refractivity contribution is -0.131. The van der Waals surface area contributed by atoms with Gasteiger partial charge in [0.15, 0.2) is 0 Å². The number of carbonyl (C=O) groups excluding carboxylic acids is 1. The van der Waals surface area contributed by atoms with E-state index < -0.39 is 17.1 Å². The Bertz CT molecular complexity index is 117. The molecule has 0 spiro atoms. The molecular formula is C5H7ClF2O. The van der Waals surface area contributed by atoms with Gasteiger partial charge in [0.1, 0.15) is 4.87 Å². The Hall–Kier alpha value is -0.180. The number of alkyl halides is 3. The van der Waals surface area contributed by atoms with E-state index in [1.165, 1.54) is 13.8 Å². The van der Waals surface area contributed by atoms with E-state index in [4.69, 9.17) is 11.6 Å². The van der Waals surface area contributed by atoms with Crippen LogP contribution in [0.25, 0.3) is 0 Å². The molecule has 0 saturated carbocycles. The summed E-state index contributed by atoms with van der Waals surface area (Å²) in [6.07, 6.45) is -2.96. The van der Waals surface area contributed by atoms with Gasteiger partial charge in [-0.05, 0) is 13.8 Å². The summed E-state index contributed by atoms with van der Waals surface area (Å²) in [6, 6.07) is 0. The Kier molecular flexibility index (Phi) is 2.55. The second-order valence-electron chi connectivity index (χ2n) is 2.14. The van der Waals surface area contributed by atoms with Crippen LogP contribution in [-0.4, -0.2) is 17.1 Å². The standard InChI is InChI=1S/C5H7ClF2O/c1-5(2,6)3(9)4(7)8/h4H,1-2H3. The molecule has 0 N–H and O–H groups in total. The van der Waals surface area contributed by atoms with Crippen molar-refractivity contribution in [1.82, 2.24) is 0 Å². The van der Waals surface area contributed by atoms with Crippen molar-refractivity contribution in [3.63, 3.8) is 0 Å². The highest BCUT2D eigenvalue weighted by Gasteiger charge is 2.31. The molecule has 0 fully saturated rings. The van der Waals surface area contributed by atoms with Crippen LogP contribution in [0.1, 0.15) is 13.8 Å². The molecule has 9 heavy (non-hydrogen) atoms. The Labute approximate surface area is 57.0 Å². The molecule has 0 bridgehead atoms. The molecule has 0 aromatic heterocycles. The Morgan fingerprint density at radius 1 is 1.56 bits per heavy atom. The number of ketones is 1. The van der Waals surface area contributed by atoms with Crippen LogP contribution in [-0.2, 0) is 4.79 Å². The van der Waals surface area contributed by atoms with Crippen molar-refractivity contribution in [2.24, 2.45) is 0 Å². The van der Waals surface area contributed by atoms with E-state index in [0.717, 1.165) is 0 Å². The smallest absolute Gasteiger partial charge is 0.291 e. The van der Waals surface area contributed by atoms with Crippen LogP contribution in [0, 0.1) is 0 Å². The minimum absolute atomic E-state index is 1.23. The molecule has 0 unspecified atom stereocenters. The first-order valence-electron chi connectivity index (χ1n) is 2.37. The van der Waals surface area contributed by atoms with Gasteiger partial charge in [0.2, 0.25) is 5.78 Å². The van der Waals surface area contributed by atoms with Crippen molar-refractivity contribution in [1.29, 1.82) is 0 Å². The van der Waals surface area contributed by atoms with E-state index in [1.54, 1.807) is 0 Å². The highest BCUT2D eigenvalue weighted by atomic mass is 35.5. The summed E-state index contributed by atoms with van der Waals surface area (Å²) in [5.41, 5.74) is 0. The van der Waals surface area contributed by atoms with E-state index in [1.807, 2.05) is 0 Å². The van der Waals surface area contributed by atoms with Gasteiger partial charge in [0.05, 0.1) is 0 Å². The Morgan fingerprint density at radius 3 is 1.89 bits per heavy atom. The lowest BCUT2D eigenvalue weighted by atomic mass is 10.1. The minimum atomic E-state index is -2.96. The SMILES string of the molecule is CC(C)(Cl)C(=O)C(F)F.